The standard InChI is InChI=1S/C29H34FNO3/c1-22-7-5-10-25(29(22)30)21-34-28-19-31-16-15-27(28)24-11-13-26(14-12-24)33-18-6-17-32-20-23-8-3-2-4-9-23/h2-5,7-14,27-28,31H,6,15-21H2,1H3. The minimum atomic E-state index is -0.171. The Bertz CT molecular complexity index is 1010. The Hall–Kier alpha value is -2.73. The van der Waals surface area contributed by atoms with Crippen molar-refractivity contribution in [3.63, 3.8) is 0 Å². The van der Waals surface area contributed by atoms with Gasteiger partial charge < -0.3 is 19.5 Å². The molecular weight excluding hydrogens is 429 g/mol. The summed E-state index contributed by atoms with van der Waals surface area (Å²) in [7, 11) is 0. The largest absolute Gasteiger partial charge is 0.494 e. The van der Waals surface area contributed by atoms with E-state index in [2.05, 4.69) is 29.6 Å². The molecule has 0 saturated carbocycles. The average Bonchev–Trinajstić information content (AvgIpc) is 2.88. The number of halogens is 1. The van der Waals surface area contributed by atoms with E-state index in [1.165, 1.54) is 11.1 Å². The Morgan fingerprint density at radius 3 is 2.56 bits per heavy atom. The molecular formula is C29H34FNO3. The minimum Gasteiger partial charge on any atom is -0.494 e. The minimum absolute atomic E-state index is 0.00203. The predicted octanol–water partition coefficient (Wildman–Crippen LogP) is 5.78. The van der Waals surface area contributed by atoms with E-state index >= 15 is 0 Å². The van der Waals surface area contributed by atoms with Gasteiger partial charge in [-0.3, -0.25) is 0 Å². The van der Waals surface area contributed by atoms with E-state index in [9.17, 15) is 4.39 Å². The van der Waals surface area contributed by atoms with Crippen molar-refractivity contribution in [2.24, 2.45) is 0 Å². The fourth-order valence-corrected chi connectivity index (χ4v) is 4.33. The Balaban J connectivity index is 1.23. The number of ether oxygens (including phenoxy) is 3. The van der Waals surface area contributed by atoms with Crippen LogP contribution >= 0.6 is 0 Å². The van der Waals surface area contributed by atoms with Crippen molar-refractivity contribution in [1.82, 2.24) is 5.32 Å². The Morgan fingerprint density at radius 2 is 1.74 bits per heavy atom. The second-order valence-electron chi connectivity index (χ2n) is 8.81. The smallest absolute Gasteiger partial charge is 0.131 e. The molecule has 180 valence electrons. The van der Waals surface area contributed by atoms with Crippen LogP contribution in [0.25, 0.3) is 0 Å². The normalized spacial score (nSPS) is 18.1. The highest BCUT2D eigenvalue weighted by atomic mass is 19.1. The molecule has 5 heteroatoms. The first-order valence-corrected chi connectivity index (χ1v) is 12.1. The topological polar surface area (TPSA) is 39.7 Å². The van der Waals surface area contributed by atoms with E-state index in [0.29, 0.717) is 30.9 Å². The SMILES string of the molecule is Cc1cccc(COC2CNCCC2c2ccc(OCCCOCc3ccccc3)cc2)c1F. The molecule has 0 radical (unpaired) electrons. The fourth-order valence-electron chi connectivity index (χ4n) is 4.33. The zero-order valence-corrected chi connectivity index (χ0v) is 19.8. The van der Waals surface area contributed by atoms with Crippen LogP contribution in [-0.4, -0.2) is 32.4 Å². The number of aryl methyl sites for hydroxylation is 1. The van der Waals surface area contributed by atoms with Gasteiger partial charge in [0.15, 0.2) is 0 Å². The monoisotopic (exact) mass is 463 g/mol. The summed E-state index contributed by atoms with van der Waals surface area (Å²) in [6.45, 7) is 5.70. The van der Waals surface area contributed by atoms with Crippen LogP contribution in [0.4, 0.5) is 4.39 Å². The predicted molar refractivity (Wildman–Crippen MR) is 133 cm³/mol. The average molecular weight is 464 g/mol. The lowest BCUT2D eigenvalue weighted by molar-refractivity contribution is 0.00934. The zero-order valence-electron chi connectivity index (χ0n) is 19.8. The number of hydrogen-bond donors (Lipinski definition) is 1. The molecule has 4 nitrogen and oxygen atoms in total. The highest BCUT2D eigenvalue weighted by Gasteiger charge is 2.27. The molecule has 0 aromatic heterocycles. The molecule has 2 atom stereocenters. The van der Waals surface area contributed by atoms with Crippen molar-refractivity contribution < 1.29 is 18.6 Å². The summed E-state index contributed by atoms with van der Waals surface area (Å²) < 4.78 is 32.1. The third-order valence-corrected chi connectivity index (χ3v) is 6.27. The van der Waals surface area contributed by atoms with Crippen LogP contribution in [0, 0.1) is 12.7 Å². The number of nitrogens with one attached hydrogen (secondary N) is 1. The second kappa shape index (κ2) is 12.7. The van der Waals surface area contributed by atoms with Gasteiger partial charge in [-0.25, -0.2) is 4.39 Å². The Kier molecular flexibility index (Phi) is 9.08. The van der Waals surface area contributed by atoms with E-state index in [-0.39, 0.29) is 24.4 Å². The molecule has 34 heavy (non-hydrogen) atoms. The maximum Gasteiger partial charge on any atom is 0.131 e. The molecule has 4 rings (SSSR count). The van der Waals surface area contributed by atoms with Gasteiger partial charge >= 0.3 is 0 Å². The van der Waals surface area contributed by atoms with Gasteiger partial charge in [0.05, 0.1) is 32.5 Å². The molecule has 0 aliphatic carbocycles. The van der Waals surface area contributed by atoms with Crippen LogP contribution in [0.3, 0.4) is 0 Å². The lowest BCUT2D eigenvalue weighted by atomic mass is 9.87. The molecule has 3 aromatic rings. The summed E-state index contributed by atoms with van der Waals surface area (Å²) in [6, 6.07) is 23.9. The Morgan fingerprint density at radius 1 is 0.912 bits per heavy atom. The molecule has 2 unspecified atom stereocenters. The Labute approximate surface area is 202 Å². The summed E-state index contributed by atoms with van der Waals surface area (Å²) in [5.74, 6) is 0.962. The van der Waals surface area contributed by atoms with Crippen LogP contribution < -0.4 is 10.1 Å². The molecule has 0 spiro atoms. The molecule has 1 fully saturated rings. The third-order valence-electron chi connectivity index (χ3n) is 6.27. The fraction of sp³-hybridized carbons (Fsp3) is 0.379. The van der Waals surface area contributed by atoms with Gasteiger partial charge in [-0.1, -0.05) is 60.7 Å². The van der Waals surface area contributed by atoms with Gasteiger partial charge in [0, 0.05) is 24.4 Å². The number of benzene rings is 3. The first-order valence-electron chi connectivity index (χ1n) is 12.1. The maximum absolute atomic E-state index is 14.4. The summed E-state index contributed by atoms with van der Waals surface area (Å²) in [5, 5.41) is 3.41. The van der Waals surface area contributed by atoms with Crippen LogP contribution in [0.15, 0.2) is 72.8 Å². The van der Waals surface area contributed by atoms with E-state index in [1.807, 2.05) is 36.4 Å². The lowest BCUT2D eigenvalue weighted by Crippen LogP contribution is -2.41. The lowest BCUT2D eigenvalue weighted by Gasteiger charge is -2.32. The molecule has 1 aliphatic rings. The van der Waals surface area contributed by atoms with Crippen molar-refractivity contribution in [3.05, 3.63) is 101 Å². The first kappa shape index (κ1) is 24.4. The zero-order chi connectivity index (χ0) is 23.6. The summed E-state index contributed by atoms with van der Waals surface area (Å²) in [5.41, 5.74) is 3.68. The van der Waals surface area contributed by atoms with Crippen molar-refractivity contribution in [1.29, 1.82) is 0 Å². The van der Waals surface area contributed by atoms with Crippen LogP contribution in [0.1, 0.15) is 41.0 Å². The van der Waals surface area contributed by atoms with E-state index in [0.717, 1.165) is 31.7 Å². The van der Waals surface area contributed by atoms with Crippen molar-refractivity contribution in [2.75, 3.05) is 26.3 Å². The second-order valence-corrected chi connectivity index (χ2v) is 8.81. The molecule has 0 bridgehead atoms. The molecule has 1 heterocycles. The maximum atomic E-state index is 14.4. The van der Waals surface area contributed by atoms with E-state index in [1.54, 1.807) is 19.1 Å². The molecule has 1 saturated heterocycles. The summed E-state index contributed by atoms with van der Waals surface area (Å²) in [4.78, 5) is 0. The van der Waals surface area contributed by atoms with E-state index < -0.39 is 0 Å². The highest BCUT2D eigenvalue weighted by molar-refractivity contribution is 5.31. The number of piperidine rings is 1. The third kappa shape index (κ3) is 6.89. The van der Waals surface area contributed by atoms with Crippen molar-refractivity contribution >= 4 is 0 Å². The summed E-state index contributed by atoms with van der Waals surface area (Å²) in [6.07, 6.45) is 1.83. The molecule has 3 aromatic carbocycles. The molecule has 0 amide bonds. The highest BCUT2D eigenvalue weighted by Crippen LogP contribution is 2.30. The van der Waals surface area contributed by atoms with Crippen LogP contribution in [-0.2, 0) is 22.7 Å². The van der Waals surface area contributed by atoms with Crippen molar-refractivity contribution in [2.45, 2.75) is 45.0 Å². The van der Waals surface area contributed by atoms with Crippen LogP contribution in [0.2, 0.25) is 0 Å². The molecule has 1 N–H and O–H groups in total. The van der Waals surface area contributed by atoms with Gasteiger partial charge in [-0.15, -0.1) is 0 Å². The number of rotatable bonds is 11. The van der Waals surface area contributed by atoms with Crippen LogP contribution in [0.5, 0.6) is 5.75 Å². The summed E-state index contributed by atoms with van der Waals surface area (Å²) >= 11 is 0. The van der Waals surface area contributed by atoms with Gasteiger partial charge in [-0.2, -0.15) is 0 Å². The first-order chi connectivity index (χ1) is 16.7. The van der Waals surface area contributed by atoms with Gasteiger partial charge in [0.25, 0.3) is 0 Å². The van der Waals surface area contributed by atoms with Gasteiger partial charge in [0.1, 0.15) is 11.6 Å². The number of hydrogen-bond acceptors (Lipinski definition) is 4. The van der Waals surface area contributed by atoms with Gasteiger partial charge in [-0.05, 0) is 48.7 Å². The molecule has 1 aliphatic heterocycles. The van der Waals surface area contributed by atoms with Gasteiger partial charge in [0.2, 0.25) is 0 Å². The van der Waals surface area contributed by atoms with Crippen molar-refractivity contribution in [3.8, 4) is 5.75 Å². The quantitative estimate of drug-likeness (QED) is 0.366. The van der Waals surface area contributed by atoms with E-state index in [4.69, 9.17) is 14.2 Å².